The highest BCUT2D eigenvalue weighted by atomic mass is 31.2. The van der Waals surface area contributed by atoms with Crippen LogP contribution < -0.4 is 0 Å². The van der Waals surface area contributed by atoms with E-state index >= 15 is 0 Å². The molecule has 0 fully saturated rings. The van der Waals surface area contributed by atoms with Crippen LogP contribution >= 0.6 is 7.82 Å². The van der Waals surface area contributed by atoms with Crippen molar-refractivity contribution < 1.29 is 37.3 Å². The molecule has 0 aliphatic carbocycles. The third kappa shape index (κ3) is 40.3. The minimum absolute atomic E-state index is 0.0542. The number of phosphoric acid groups is 1. The fourth-order valence-electron chi connectivity index (χ4n) is 6.23. The summed E-state index contributed by atoms with van der Waals surface area (Å²) in [6.45, 7) is 4.96. The molecule has 1 unspecified atom stereocenters. The smallest absolute Gasteiger partial charge is 0.472 e. The van der Waals surface area contributed by atoms with E-state index in [9.17, 15) is 14.3 Å². The van der Waals surface area contributed by atoms with Crippen molar-refractivity contribution in [3.05, 3.63) is 12.3 Å². The molecule has 310 valence electrons. The Balaban J connectivity index is 4.25. The van der Waals surface area contributed by atoms with Crippen molar-refractivity contribution in [3.8, 4) is 0 Å². The standard InChI is InChI=1S/C43H86NO7P/c1-6-8-10-12-14-16-18-20-22-23-25-27-29-31-33-35-38-48-40-42(41-50-52(46,47)49-39-37-44(3,4)5)51-43(45)36-34-32-30-28-26-24-21-19-17-15-13-11-9-7-2/h35,38,42H,6-34,36-37,39-41H2,1-5H3/p+1/b38-35+/t42-/m1/s1. The topological polar surface area (TPSA) is 91.3 Å². The van der Waals surface area contributed by atoms with E-state index in [4.69, 9.17) is 18.5 Å². The molecule has 0 radical (unpaired) electrons. The van der Waals surface area contributed by atoms with E-state index in [-0.39, 0.29) is 25.8 Å². The fraction of sp³-hybridized carbons (Fsp3) is 0.930. The molecular formula is C43H87NO7P+. The predicted octanol–water partition coefficient (Wildman–Crippen LogP) is 13.0. The van der Waals surface area contributed by atoms with Crippen molar-refractivity contribution in [1.82, 2.24) is 0 Å². The number of esters is 1. The van der Waals surface area contributed by atoms with E-state index in [1.807, 2.05) is 27.2 Å². The van der Waals surface area contributed by atoms with Gasteiger partial charge in [0.2, 0.25) is 0 Å². The molecule has 0 aromatic carbocycles. The second kappa shape index (κ2) is 37.0. The lowest BCUT2D eigenvalue weighted by atomic mass is 10.0. The Morgan fingerprint density at radius 1 is 0.596 bits per heavy atom. The zero-order valence-electron chi connectivity index (χ0n) is 35.1. The number of likely N-dealkylation sites (N-methyl/N-ethyl adjacent to an activating group) is 1. The van der Waals surface area contributed by atoms with Gasteiger partial charge in [0, 0.05) is 6.42 Å². The monoisotopic (exact) mass is 761 g/mol. The minimum atomic E-state index is -4.28. The molecule has 0 aliphatic rings. The maximum Gasteiger partial charge on any atom is 0.472 e. The van der Waals surface area contributed by atoms with Crippen molar-refractivity contribution in [2.24, 2.45) is 0 Å². The average molecular weight is 761 g/mol. The zero-order chi connectivity index (χ0) is 38.4. The number of carbonyl (C=O) groups is 1. The van der Waals surface area contributed by atoms with Gasteiger partial charge < -0.3 is 18.9 Å². The Morgan fingerprint density at radius 3 is 1.42 bits per heavy atom. The first kappa shape index (κ1) is 51.1. The molecule has 2 atom stereocenters. The van der Waals surface area contributed by atoms with Gasteiger partial charge in [0.1, 0.15) is 19.8 Å². The molecule has 0 bridgehead atoms. The summed E-state index contributed by atoms with van der Waals surface area (Å²) >= 11 is 0. The van der Waals surface area contributed by atoms with Crippen molar-refractivity contribution in [1.29, 1.82) is 0 Å². The van der Waals surface area contributed by atoms with Crippen LogP contribution in [0.4, 0.5) is 0 Å². The molecule has 8 nitrogen and oxygen atoms in total. The van der Waals surface area contributed by atoms with Crippen molar-refractivity contribution in [2.75, 3.05) is 47.5 Å². The summed E-state index contributed by atoms with van der Waals surface area (Å²) in [5.41, 5.74) is 0. The molecule has 0 spiro atoms. The molecule has 0 heterocycles. The lowest BCUT2D eigenvalue weighted by Gasteiger charge is -2.24. The molecule has 0 rings (SSSR count). The minimum Gasteiger partial charge on any atom is -0.498 e. The van der Waals surface area contributed by atoms with Gasteiger partial charge in [-0.25, -0.2) is 4.57 Å². The number of carbonyl (C=O) groups excluding carboxylic acids is 1. The number of hydrogen-bond acceptors (Lipinski definition) is 6. The van der Waals surface area contributed by atoms with Gasteiger partial charge >= 0.3 is 13.8 Å². The van der Waals surface area contributed by atoms with E-state index in [1.54, 1.807) is 6.26 Å². The second-order valence-electron chi connectivity index (χ2n) is 16.2. The number of phosphoric ester groups is 1. The number of quaternary nitrogens is 1. The maximum atomic E-state index is 12.7. The molecule has 0 amide bonds. The highest BCUT2D eigenvalue weighted by Crippen LogP contribution is 2.43. The van der Waals surface area contributed by atoms with E-state index in [0.717, 1.165) is 32.1 Å². The van der Waals surface area contributed by atoms with Crippen molar-refractivity contribution in [2.45, 2.75) is 213 Å². The molecule has 0 aromatic rings. The predicted molar refractivity (Wildman–Crippen MR) is 219 cm³/mol. The Labute approximate surface area is 322 Å². The fourth-order valence-corrected chi connectivity index (χ4v) is 6.97. The van der Waals surface area contributed by atoms with Crippen LogP contribution in [-0.4, -0.2) is 69.0 Å². The third-order valence-electron chi connectivity index (χ3n) is 9.67. The van der Waals surface area contributed by atoms with Gasteiger partial charge in [-0.3, -0.25) is 13.8 Å². The number of rotatable bonds is 41. The number of allylic oxidation sites excluding steroid dienone is 1. The van der Waals surface area contributed by atoms with Crippen LogP contribution in [0.3, 0.4) is 0 Å². The summed E-state index contributed by atoms with van der Waals surface area (Å²) < 4.78 is 34.7. The first-order valence-corrected chi connectivity index (χ1v) is 23.5. The van der Waals surface area contributed by atoms with Gasteiger partial charge in [-0.1, -0.05) is 181 Å². The van der Waals surface area contributed by atoms with Crippen LogP contribution in [0.2, 0.25) is 0 Å². The average Bonchev–Trinajstić information content (AvgIpc) is 3.09. The highest BCUT2D eigenvalue weighted by Gasteiger charge is 2.26. The summed E-state index contributed by atoms with van der Waals surface area (Å²) in [7, 11) is 1.65. The molecule has 0 aliphatic heterocycles. The lowest BCUT2D eigenvalue weighted by molar-refractivity contribution is -0.870. The summed E-state index contributed by atoms with van der Waals surface area (Å²) in [5.74, 6) is -0.332. The SMILES string of the molecule is CCCCCCCCCCCCCCCC/C=C/OC[C@H](COP(=O)(O)OCC[N+](C)(C)C)OC(=O)CCCCCCCCCCCCCCCC. The molecular weight excluding hydrogens is 673 g/mol. The van der Waals surface area contributed by atoms with Gasteiger partial charge in [-0.05, 0) is 25.3 Å². The summed E-state index contributed by atoms with van der Waals surface area (Å²) in [6, 6.07) is 0. The van der Waals surface area contributed by atoms with Gasteiger partial charge in [0.25, 0.3) is 0 Å². The summed E-state index contributed by atoms with van der Waals surface area (Å²) in [4.78, 5) is 22.8. The van der Waals surface area contributed by atoms with Crippen LogP contribution in [0.1, 0.15) is 206 Å². The van der Waals surface area contributed by atoms with E-state index in [0.29, 0.717) is 17.4 Å². The van der Waals surface area contributed by atoms with Crippen LogP contribution in [0.25, 0.3) is 0 Å². The van der Waals surface area contributed by atoms with E-state index in [2.05, 4.69) is 13.8 Å². The Kier molecular flexibility index (Phi) is 36.4. The van der Waals surface area contributed by atoms with Crippen molar-refractivity contribution >= 4 is 13.8 Å². The van der Waals surface area contributed by atoms with Gasteiger partial charge in [-0.15, -0.1) is 0 Å². The Morgan fingerprint density at radius 2 is 1.00 bits per heavy atom. The van der Waals surface area contributed by atoms with Crippen molar-refractivity contribution in [3.63, 3.8) is 0 Å². The van der Waals surface area contributed by atoms with Crippen LogP contribution in [0, 0.1) is 0 Å². The third-order valence-corrected chi connectivity index (χ3v) is 10.7. The number of hydrogen-bond donors (Lipinski definition) is 1. The largest absolute Gasteiger partial charge is 0.498 e. The van der Waals surface area contributed by atoms with Crippen LogP contribution in [-0.2, 0) is 27.9 Å². The Hall–Kier alpha value is -0.920. The number of nitrogens with zero attached hydrogens (tertiary/aromatic N) is 1. The van der Waals surface area contributed by atoms with Crippen LogP contribution in [0.15, 0.2) is 12.3 Å². The molecule has 0 saturated carbocycles. The van der Waals surface area contributed by atoms with Gasteiger partial charge in [0.15, 0.2) is 6.10 Å². The first-order chi connectivity index (χ1) is 25.1. The van der Waals surface area contributed by atoms with E-state index in [1.165, 1.54) is 154 Å². The summed E-state index contributed by atoms with van der Waals surface area (Å²) in [6.07, 6.45) is 40.5. The van der Waals surface area contributed by atoms with Crippen LogP contribution in [0.5, 0.6) is 0 Å². The quantitative estimate of drug-likeness (QED) is 0.0218. The molecule has 0 aromatic heterocycles. The molecule has 1 N–H and O–H groups in total. The lowest BCUT2D eigenvalue weighted by Crippen LogP contribution is -2.37. The maximum absolute atomic E-state index is 12.7. The van der Waals surface area contributed by atoms with E-state index < -0.39 is 13.9 Å². The van der Waals surface area contributed by atoms with Gasteiger partial charge in [0.05, 0.1) is 34.0 Å². The summed E-state index contributed by atoms with van der Waals surface area (Å²) in [5, 5.41) is 0. The van der Waals surface area contributed by atoms with Gasteiger partial charge in [-0.2, -0.15) is 0 Å². The number of unbranched alkanes of at least 4 members (excludes halogenated alkanes) is 27. The first-order valence-electron chi connectivity index (χ1n) is 22.0. The molecule has 52 heavy (non-hydrogen) atoms. The Bertz CT molecular complexity index is 848. The number of ether oxygens (including phenoxy) is 2. The molecule has 0 saturated heterocycles. The highest BCUT2D eigenvalue weighted by molar-refractivity contribution is 7.47. The zero-order valence-corrected chi connectivity index (χ0v) is 36.0. The molecule has 9 heteroatoms. The normalized spacial score (nSPS) is 13.8. The second-order valence-corrected chi connectivity index (χ2v) is 17.6.